The minimum atomic E-state index is -3.77. The molecule has 7 heteroatoms. The molecule has 0 atom stereocenters. The van der Waals surface area contributed by atoms with E-state index in [4.69, 9.17) is 46.4 Å². The number of sulfone groups is 1. The van der Waals surface area contributed by atoms with E-state index in [0.29, 0.717) is 21.2 Å². The highest BCUT2D eigenvalue weighted by Gasteiger charge is 2.24. The average Bonchev–Trinajstić information content (AvgIpc) is 2.62. The fourth-order valence-corrected chi connectivity index (χ4v) is 4.55. The van der Waals surface area contributed by atoms with Gasteiger partial charge in [-0.15, -0.1) is 0 Å². The summed E-state index contributed by atoms with van der Waals surface area (Å²) in [6, 6.07) is 13.4. The van der Waals surface area contributed by atoms with Gasteiger partial charge in [0.2, 0.25) is 9.84 Å². The molecule has 0 heterocycles. The molecule has 0 unspecified atom stereocenters. The van der Waals surface area contributed by atoms with Crippen molar-refractivity contribution >= 4 is 56.2 Å². The first-order chi connectivity index (χ1) is 11.9. The van der Waals surface area contributed by atoms with Crippen LogP contribution in [0.3, 0.4) is 0 Å². The first-order valence-corrected chi connectivity index (χ1v) is 10.3. The van der Waals surface area contributed by atoms with Crippen LogP contribution in [0.2, 0.25) is 0 Å². The predicted molar refractivity (Wildman–Crippen MR) is 105 cm³/mol. The van der Waals surface area contributed by atoms with Crippen molar-refractivity contribution in [1.29, 1.82) is 0 Å². The Balaban J connectivity index is 2.58. The highest BCUT2D eigenvalue weighted by atomic mass is 35.5. The summed E-state index contributed by atoms with van der Waals surface area (Å²) in [4.78, 5) is 0.371. The van der Waals surface area contributed by atoms with Gasteiger partial charge in [-0.25, -0.2) is 8.42 Å². The fraction of sp³-hybridized carbons (Fsp3) is 0.111. The maximum Gasteiger partial charge on any atom is 0.207 e. The zero-order chi connectivity index (χ0) is 18.4. The lowest BCUT2D eigenvalue weighted by Gasteiger charge is -2.13. The van der Waals surface area contributed by atoms with Crippen molar-refractivity contribution in [3.63, 3.8) is 0 Å². The Morgan fingerprint density at radius 2 is 1.12 bits per heavy atom. The highest BCUT2D eigenvalue weighted by Crippen LogP contribution is 2.30. The molecule has 0 aliphatic heterocycles. The zero-order valence-corrected chi connectivity index (χ0v) is 16.8. The van der Waals surface area contributed by atoms with E-state index in [1.807, 2.05) is 0 Å². The molecule has 0 saturated carbocycles. The first kappa shape index (κ1) is 20.3. The van der Waals surface area contributed by atoms with Crippen LogP contribution in [-0.2, 0) is 22.7 Å². The third-order valence-corrected chi connectivity index (χ3v) is 6.67. The summed E-state index contributed by atoms with van der Waals surface area (Å²) in [5, 5.41) is 0.705. The molecule has 0 spiro atoms. The molecule has 0 N–H and O–H groups in total. The smallest absolute Gasteiger partial charge is 0.207 e. The van der Waals surface area contributed by atoms with Gasteiger partial charge in [-0.1, -0.05) is 82.8 Å². The van der Waals surface area contributed by atoms with E-state index in [0.717, 1.165) is 0 Å². The zero-order valence-electron chi connectivity index (χ0n) is 12.9. The second-order valence-corrected chi connectivity index (χ2v) is 8.48. The van der Waals surface area contributed by atoms with E-state index < -0.39 is 9.84 Å². The van der Waals surface area contributed by atoms with Crippen LogP contribution in [-0.4, -0.2) is 8.42 Å². The Morgan fingerprint density at radius 1 is 0.760 bits per heavy atom. The molecule has 2 nitrogen and oxygen atoms in total. The molecule has 0 radical (unpaired) electrons. The number of hydrogen-bond donors (Lipinski definition) is 0. The van der Waals surface area contributed by atoms with Crippen LogP contribution >= 0.6 is 46.4 Å². The topological polar surface area (TPSA) is 34.1 Å². The highest BCUT2D eigenvalue weighted by molar-refractivity contribution is 7.91. The molecule has 0 fully saturated rings. The van der Waals surface area contributed by atoms with Crippen LogP contribution in [0.15, 0.2) is 79.5 Å². The van der Waals surface area contributed by atoms with Crippen molar-refractivity contribution < 1.29 is 8.42 Å². The van der Waals surface area contributed by atoms with Crippen molar-refractivity contribution in [3.05, 3.63) is 80.8 Å². The van der Waals surface area contributed by atoms with Gasteiger partial charge < -0.3 is 0 Å². The predicted octanol–water partition coefficient (Wildman–Crippen LogP) is 6.24. The van der Waals surface area contributed by atoms with Gasteiger partial charge in [-0.2, -0.15) is 0 Å². The summed E-state index contributed by atoms with van der Waals surface area (Å²) in [6.45, 7) is 0. The molecule has 2 aromatic rings. The van der Waals surface area contributed by atoms with Crippen LogP contribution in [0.5, 0.6) is 0 Å². The van der Waals surface area contributed by atoms with Gasteiger partial charge in [-0.3, -0.25) is 0 Å². The number of benzene rings is 2. The summed E-state index contributed by atoms with van der Waals surface area (Å²) in [7, 11) is -3.77. The standard InChI is InChI=1S/C18H14Cl4O2S/c19-11-15(21)9-13-5-1-3-7-17(13)25(23,24)18-8-4-2-6-14(18)10-16(22)12-20/h1-8,11-12H,9-10H2/b15-11-,16-12-. The van der Waals surface area contributed by atoms with E-state index in [-0.39, 0.29) is 22.6 Å². The van der Waals surface area contributed by atoms with Gasteiger partial charge in [0, 0.05) is 34.0 Å². The van der Waals surface area contributed by atoms with Gasteiger partial charge in [0.25, 0.3) is 0 Å². The second kappa shape index (κ2) is 9.11. The number of allylic oxidation sites excluding steroid dienone is 2. The van der Waals surface area contributed by atoms with E-state index in [1.54, 1.807) is 48.5 Å². The Kier molecular flexibility index (Phi) is 7.41. The summed E-state index contributed by atoms with van der Waals surface area (Å²) in [6.07, 6.45) is 0.454. The molecular weight excluding hydrogens is 422 g/mol. The van der Waals surface area contributed by atoms with Crippen molar-refractivity contribution in [3.8, 4) is 0 Å². The molecule has 0 aliphatic carbocycles. The third kappa shape index (κ3) is 5.02. The maximum absolute atomic E-state index is 13.2. The number of halogens is 4. The molecule has 2 aromatic carbocycles. The normalized spacial score (nSPS) is 13.1. The maximum atomic E-state index is 13.2. The van der Waals surface area contributed by atoms with Crippen LogP contribution in [0, 0.1) is 0 Å². The van der Waals surface area contributed by atoms with Crippen molar-refractivity contribution in [2.75, 3.05) is 0 Å². The molecule has 0 amide bonds. The molecule has 132 valence electrons. The molecule has 0 saturated heterocycles. The number of rotatable bonds is 6. The van der Waals surface area contributed by atoms with E-state index in [1.165, 1.54) is 11.1 Å². The minimum Gasteiger partial charge on any atom is -0.218 e. The lowest BCUT2D eigenvalue weighted by atomic mass is 10.1. The Labute approximate surface area is 167 Å². The lowest BCUT2D eigenvalue weighted by molar-refractivity contribution is 0.594. The summed E-state index contributed by atoms with van der Waals surface area (Å²) in [5.74, 6) is 0. The Morgan fingerprint density at radius 3 is 1.48 bits per heavy atom. The summed E-state index contributed by atoms with van der Waals surface area (Å²) >= 11 is 23.2. The van der Waals surface area contributed by atoms with Crippen molar-refractivity contribution in [1.82, 2.24) is 0 Å². The lowest BCUT2D eigenvalue weighted by Crippen LogP contribution is -2.09. The van der Waals surface area contributed by atoms with Crippen molar-refractivity contribution in [2.24, 2.45) is 0 Å². The SMILES string of the molecule is O=S(=O)(c1ccccc1C/C(Cl)=C/Cl)c1ccccc1C/C(Cl)=C/Cl. The first-order valence-electron chi connectivity index (χ1n) is 7.20. The minimum absolute atomic E-state index is 0.185. The molecule has 0 aliphatic rings. The van der Waals surface area contributed by atoms with Crippen LogP contribution in [0.1, 0.15) is 11.1 Å². The summed E-state index contributed by atoms with van der Waals surface area (Å²) < 4.78 is 26.4. The number of hydrogen-bond acceptors (Lipinski definition) is 2. The van der Waals surface area contributed by atoms with E-state index in [9.17, 15) is 8.42 Å². The summed E-state index contributed by atoms with van der Waals surface area (Å²) in [5.41, 5.74) is 3.59. The second-order valence-electron chi connectivity index (χ2n) is 5.18. The van der Waals surface area contributed by atoms with Crippen LogP contribution in [0.4, 0.5) is 0 Å². The Hall–Kier alpha value is -0.970. The van der Waals surface area contributed by atoms with Gasteiger partial charge in [0.15, 0.2) is 0 Å². The largest absolute Gasteiger partial charge is 0.218 e. The van der Waals surface area contributed by atoms with Crippen molar-refractivity contribution in [2.45, 2.75) is 22.6 Å². The van der Waals surface area contributed by atoms with Gasteiger partial charge >= 0.3 is 0 Å². The van der Waals surface area contributed by atoms with Gasteiger partial charge in [0.1, 0.15) is 0 Å². The molecule has 0 bridgehead atoms. The van der Waals surface area contributed by atoms with Gasteiger partial charge in [0.05, 0.1) is 9.79 Å². The van der Waals surface area contributed by atoms with Crippen LogP contribution in [0.25, 0.3) is 0 Å². The quantitative estimate of drug-likeness (QED) is 0.537. The monoisotopic (exact) mass is 434 g/mol. The molecular formula is C18H14Cl4O2S. The third-order valence-electron chi connectivity index (χ3n) is 3.48. The molecule has 0 aromatic heterocycles. The Bertz CT molecular complexity index is 849. The molecule has 2 rings (SSSR count). The van der Waals surface area contributed by atoms with Crippen LogP contribution < -0.4 is 0 Å². The average molecular weight is 436 g/mol. The van der Waals surface area contributed by atoms with E-state index in [2.05, 4.69) is 0 Å². The fourth-order valence-electron chi connectivity index (χ4n) is 2.38. The van der Waals surface area contributed by atoms with E-state index >= 15 is 0 Å². The molecule has 25 heavy (non-hydrogen) atoms. The van der Waals surface area contributed by atoms with Gasteiger partial charge in [-0.05, 0) is 23.3 Å².